The number of rotatable bonds is 1. The molecular formula is C15H21N3O. The normalized spacial score (nSPS) is 27.4. The van der Waals surface area contributed by atoms with Crippen LogP contribution in [0.2, 0.25) is 0 Å². The molecule has 0 amide bonds. The van der Waals surface area contributed by atoms with E-state index in [2.05, 4.69) is 41.1 Å². The summed E-state index contributed by atoms with van der Waals surface area (Å²) in [5.74, 6) is 0.646. The van der Waals surface area contributed by atoms with Crippen LogP contribution in [-0.2, 0) is 4.74 Å². The Morgan fingerprint density at radius 1 is 1.32 bits per heavy atom. The Bertz CT molecular complexity index is 490. The lowest BCUT2D eigenvalue weighted by Gasteiger charge is -2.38. The first-order valence-corrected chi connectivity index (χ1v) is 6.96. The number of hydrogen-bond donors (Lipinski definition) is 1. The van der Waals surface area contributed by atoms with Crippen LogP contribution in [0.4, 0.5) is 5.69 Å². The summed E-state index contributed by atoms with van der Waals surface area (Å²) in [6.07, 6.45) is 3.15. The molecule has 1 fully saturated rings. The third-order valence-corrected chi connectivity index (χ3v) is 4.14. The summed E-state index contributed by atoms with van der Waals surface area (Å²) in [6, 6.07) is 8.49. The molecule has 1 saturated heterocycles. The topological polar surface area (TPSA) is 50.8 Å². The van der Waals surface area contributed by atoms with E-state index in [1.165, 1.54) is 5.56 Å². The second-order valence-electron chi connectivity index (χ2n) is 5.54. The summed E-state index contributed by atoms with van der Waals surface area (Å²) in [7, 11) is 0. The van der Waals surface area contributed by atoms with Gasteiger partial charge in [0.25, 0.3) is 0 Å². The fourth-order valence-electron chi connectivity index (χ4n) is 3.16. The van der Waals surface area contributed by atoms with Gasteiger partial charge in [-0.3, -0.25) is 4.99 Å². The molecule has 1 unspecified atom stereocenters. The Morgan fingerprint density at radius 3 is 3.05 bits per heavy atom. The molecule has 1 aromatic rings. The van der Waals surface area contributed by atoms with Crippen molar-refractivity contribution in [2.45, 2.75) is 31.7 Å². The molecule has 4 heteroatoms. The minimum Gasteiger partial charge on any atom is -0.381 e. The van der Waals surface area contributed by atoms with Crippen LogP contribution in [0.1, 0.15) is 24.8 Å². The first-order chi connectivity index (χ1) is 9.21. The zero-order valence-electron chi connectivity index (χ0n) is 11.4. The van der Waals surface area contributed by atoms with E-state index in [1.807, 2.05) is 0 Å². The lowest BCUT2D eigenvalue weighted by molar-refractivity contribution is 0.140. The maximum Gasteiger partial charge on any atom is 0.196 e. The van der Waals surface area contributed by atoms with Gasteiger partial charge in [-0.25, -0.2) is 0 Å². The average Bonchev–Trinajstić information content (AvgIpc) is 2.58. The lowest BCUT2D eigenvalue weighted by atomic mass is 9.89. The molecule has 4 nitrogen and oxygen atoms in total. The van der Waals surface area contributed by atoms with Crippen LogP contribution < -0.4 is 10.6 Å². The van der Waals surface area contributed by atoms with Gasteiger partial charge in [0.05, 0.1) is 12.1 Å². The highest BCUT2D eigenvalue weighted by Gasteiger charge is 2.43. The maximum absolute atomic E-state index is 6.15. The smallest absolute Gasteiger partial charge is 0.196 e. The summed E-state index contributed by atoms with van der Waals surface area (Å²) in [5, 5.41) is 0. The predicted molar refractivity (Wildman–Crippen MR) is 77.5 cm³/mol. The van der Waals surface area contributed by atoms with Crippen molar-refractivity contribution in [2.75, 3.05) is 24.7 Å². The molecule has 1 atom stereocenters. The fraction of sp³-hybridized carbons (Fsp3) is 0.533. The van der Waals surface area contributed by atoms with Gasteiger partial charge in [0.1, 0.15) is 0 Å². The van der Waals surface area contributed by atoms with E-state index in [1.54, 1.807) is 0 Å². The lowest BCUT2D eigenvalue weighted by Crippen LogP contribution is -2.52. The van der Waals surface area contributed by atoms with Gasteiger partial charge in [-0.15, -0.1) is 0 Å². The van der Waals surface area contributed by atoms with Crippen molar-refractivity contribution >= 4 is 11.6 Å². The zero-order valence-corrected chi connectivity index (χ0v) is 11.4. The van der Waals surface area contributed by atoms with Crippen LogP contribution in [0.5, 0.6) is 0 Å². The molecule has 19 heavy (non-hydrogen) atoms. The minimum absolute atomic E-state index is 0.0222. The zero-order chi connectivity index (χ0) is 13.3. The maximum atomic E-state index is 6.15. The number of guanidine groups is 1. The standard InChI is InChI=1S/C15H21N3O/c1-12-4-2-5-13(10-12)18-14(16)17-11-15(18)6-3-8-19-9-7-15/h2,4-5,10H,3,6-9,11H2,1H3,(H2,16,17). The van der Waals surface area contributed by atoms with Crippen molar-refractivity contribution in [3.63, 3.8) is 0 Å². The number of anilines is 1. The first kappa shape index (κ1) is 12.5. The number of aryl methyl sites for hydroxylation is 1. The monoisotopic (exact) mass is 259 g/mol. The number of nitrogens with zero attached hydrogens (tertiary/aromatic N) is 2. The van der Waals surface area contributed by atoms with E-state index >= 15 is 0 Å². The molecule has 0 aromatic heterocycles. The van der Waals surface area contributed by atoms with Gasteiger partial charge in [-0.1, -0.05) is 12.1 Å². The first-order valence-electron chi connectivity index (χ1n) is 6.96. The highest BCUT2D eigenvalue weighted by Crippen LogP contribution is 2.36. The second-order valence-corrected chi connectivity index (χ2v) is 5.54. The Kier molecular flexibility index (Phi) is 3.19. The molecule has 2 aliphatic heterocycles. The van der Waals surface area contributed by atoms with Gasteiger partial charge < -0.3 is 15.4 Å². The molecule has 3 rings (SSSR count). The Hall–Kier alpha value is -1.55. The van der Waals surface area contributed by atoms with Crippen LogP contribution in [0, 0.1) is 6.92 Å². The van der Waals surface area contributed by atoms with E-state index < -0.39 is 0 Å². The fourth-order valence-corrected chi connectivity index (χ4v) is 3.16. The van der Waals surface area contributed by atoms with E-state index in [9.17, 15) is 0 Å². The predicted octanol–water partition coefficient (Wildman–Crippen LogP) is 2.07. The van der Waals surface area contributed by atoms with E-state index in [0.29, 0.717) is 5.96 Å². The third-order valence-electron chi connectivity index (χ3n) is 4.14. The highest BCUT2D eigenvalue weighted by molar-refractivity contribution is 5.98. The number of aliphatic imine (C=N–C) groups is 1. The van der Waals surface area contributed by atoms with Gasteiger partial charge in [0.2, 0.25) is 0 Å². The number of nitrogens with two attached hydrogens (primary N) is 1. The van der Waals surface area contributed by atoms with Gasteiger partial charge in [0, 0.05) is 18.9 Å². The quantitative estimate of drug-likeness (QED) is 0.840. The molecule has 0 saturated carbocycles. The van der Waals surface area contributed by atoms with Crippen molar-refractivity contribution in [1.29, 1.82) is 0 Å². The molecule has 1 aromatic carbocycles. The molecule has 2 heterocycles. The largest absolute Gasteiger partial charge is 0.381 e. The van der Waals surface area contributed by atoms with Crippen molar-refractivity contribution < 1.29 is 4.74 Å². The van der Waals surface area contributed by atoms with Gasteiger partial charge in [0.15, 0.2) is 5.96 Å². The summed E-state index contributed by atoms with van der Waals surface area (Å²) in [4.78, 5) is 6.74. The van der Waals surface area contributed by atoms with Gasteiger partial charge in [-0.05, 0) is 43.9 Å². The molecule has 2 N–H and O–H groups in total. The van der Waals surface area contributed by atoms with Crippen LogP contribution >= 0.6 is 0 Å². The van der Waals surface area contributed by atoms with Crippen molar-refractivity contribution in [1.82, 2.24) is 0 Å². The van der Waals surface area contributed by atoms with Gasteiger partial charge in [-0.2, -0.15) is 0 Å². The molecule has 2 aliphatic rings. The van der Waals surface area contributed by atoms with Gasteiger partial charge >= 0.3 is 0 Å². The van der Waals surface area contributed by atoms with Crippen LogP contribution in [0.3, 0.4) is 0 Å². The Morgan fingerprint density at radius 2 is 2.21 bits per heavy atom. The molecule has 102 valence electrons. The van der Waals surface area contributed by atoms with Crippen molar-refractivity contribution in [3.8, 4) is 0 Å². The third kappa shape index (κ3) is 2.21. The van der Waals surface area contributed by atoms with Crippen LogP contribution in [-0.4, -0.2) is 31.3 Å². The SMILES string of the molecule is Cc1cccc(N2C(N)=NCC23CCCOCC3)c1. The molecule has 0 bridgehead atoms. The Labute approximate surface area is 114 Å². The summed E-state index contributed by atoms with van der Waals surface area (Å²) in [6.45, 7) is 4.54. The van der Waals surface area contributed by atoms with Crippen molar-refractivity contribution in [2.24, 2.45) is 10.7 Å². The molecule has 1 spiro atoms. The molecule has 0 radical (unpaired) electrons. The van der Waals surface area contributed by atoms with Crippen molar-refractivity contribution in [3.05, 3.63) is 29.8 Å². The van der Waals surface area contributed by atoms with E-state index in [0.717, 1.165) is 44.7 Å². The van der Waals surface area contributed by atoms with Crippen LogP contribution in [0.25, 0.3) is 0 Å². The highest BCUT2D eigenvalue weighted by atomic mass is 16.5. The average molecular weight is 259 g/mol. The second kappa shape index (κ2) is 4.85. The van der Waals surface area contributed by atoms with E-state index in [4.69, 9.17) is 10.5 Å². The van der Waals surface area contributed by atoms with E-state index in [-0.39, 0.29) is 5.54 Å². The number of benzene rings is 1. The summed E-state index contributed by atoms with van der Waals surface area (Å²) in [5.41, 5.74) is 8.58. The summed E-state index contributed by atoms with van der Waals surface area (Å²) >= 11 is 0. The Balaban J connectivity index is 1.97. The number of ether oxygens (including phenoxy) is 1. The summed E-state index contributed by atoms with van der Waals surface area (Å²) < 4.78 is 5.61. The number of hydrogen-bond acceptors (Lipinski definition) is 4. The molecule has 0 aliphatic carbocycles. The minimum atomic E-state index is 0.0222. The van der Waals surface area contributed by atoms with Crippen LogP contribution in [0.15, 0.2) is 29.3 Å². The molecular weight excluding hydrogens is 238 g/mol.